The Kier molecular flexibility index (Phi) is 69.4. The Morgan fingerprint density at radius 2 is 0.659 bits per heavy atom. The quantitative estimate of drug-likeness (QED) is 0.0333. The standard InChI is InChI=1S/C31H30Cl2O4S.C29H27O4S.2C4H11ClOSi.C3H9ClSi.C3H10OSi.CH2O.20ClH.5Sn/c1-21-5-11-27(12-6-21)38(34,35)28-13-9-26(10-14-28)37-30-16-8-25(18-23(30)20-33)31(2,3)24-7-15-29(36-4)22(17-24)19-32;1-21-5-17-27(18-6-21)34(30,31)28-19-15-26(16-20-28)33-25-13-9-23(10-14-25)29(2,3)22-7-11-24(32-4)12-8-22;2*1-7(2,3)6-4-5;2*1-5(2,3)4;1-2;;;;;;;;;;;;;;;;;;;;;;;;;/h5-18H,19-20H2,1-4H3;5-20H,1H2,2-4H3;2*4H2,1-3H3;1-3H3;4H,1-3H3;1H2;20*1H;;;;;/q;+1;;;;;;;;;;;;;;;;;;;;;;;;;;5*+4/p-20. The third-order valence-electron chi connectivity index (χ3n) is 13.7. The molecule has 694 valence electrons. The van der Waals surface area contributed by atoms with Crippen LogP contribution in [-0.2, 0) is 55.9 Å². The van der Waals surface area contributed by atoms with E-state index in [1.807, 2.05) is 100 Å². The van der Waals surface area contributed by atoms with Gasteiger partial charge in [0, 0.05) is 46.6 Å². The Morgan fingerprint density at radius 1 is 0.398 bits per heavy atom. The molecule has 8 rings (SSSR count). The van der Waals surface area contributed by atoms with Gasteiger partial charge in [-0.15, -0.1) is 23.2 Å². The predicted molar refractivity (Wildman–Crippen MR) is 568 cm³/mol. The zero-order valence-corrected chi connectivity index (χ0v) is 109. The van der Waals surface area contributed by atoms with Crippen LogP contribution in [-0.4, -0.2) is 156 Å². The molecule has 0 radical (unpaired) electrons. The van der Waals surface area contributed by atoms with Gasteiger partial charge in [0.1, 0.15) is 65.7 Å². The fraction of sp³-hybridized carbons (Fsp3) is 0.333. The molecule has 0 bridgehead atoms. The molecule has 1 N–H and O–H groups in total. The van der Waals surface area contributed by atoms with Gasteiger partial charge in [0.2, 0.25) is 19.7 Å². The molecule has 123 heavy (non-hydrogen) atoms. The number of carbonyl (C=O) groups excluding carboxylic acids is 1. The molecule has 0 amide bonds. The van der Waals surface area contributed by atoms with Crippen molar-refractivity contribution in [3.05, 3.63) is 238 Å². The van der Waals surface area contributed by atoms with E-state index >= 15 is 0 Å². The zero-order chi connectivity index (χ0) is 97.2. The van der Waals surface area contributed by atoms with Crippen molar-refractivity contribution in [1.82, 2.24) is 0 Å². The van der Waals surface area contributed by atoms with Gasteiger partial charge in [-0.3, -0.25) is 0 Å². The van der Waals surface area contributed by atoms with Crippen LogP contribution in [0.25, 0.3) is 0 Å². The molecule has 48 heteroatoms. The predicted octanol–water partition coefficient (Wildman–Crippen LogP) is 33.9. The number of rotatable bonds is 20. The average Bonchev–Trinajstić information content (AvgIpc) is 0.795. The molecule has 0 heterocycles. The fourth-order valence-electron chi connectivity index (χ4n) is 8.35. The Morgan fingerprint density at radius 3 is 0.927 bits per heavy atom. The van der Waals surface area contributed by atoms with Gasteiger partial charge in [-0.05, 0) is 198 Å². The number of methoxy groups -OCH3 is 2. The number of benzene rings is 7. The zero-order valence-electron chi connectivity index (χ0n) is 70.3. The Balaban J connectivity index is -0.000000742. The molecule has 0 spiro atoms. The van der Waals surface area contributed by atoms with Crippen LogP contribution in [0, 0.1) is 13.3 Å². The summed E-state index contributed by atoms with van der Waals surface area (Å²) in [5.41, 5.74) is 7.54. The molecular formula is C75H100Cl25O12S2Si4Sn5+. The van der Waals surface area contributed by atoms with Gasteiger partial charge in [-0.2, -0.15) is 11.1 Å². The topological polar surface area (TPSA) is 161 Å². The van der Waals surface area contributed by atoms with E-state index in [-0.39, 0.29) is 36.3 Å². The Hall–Kier alpha value is 4.39. The maximum atomic E-state index is 13.0. The van der Waals surface area contributed by atoms with Crippen molar-refractivity contribution in [2.75, 3.05) is 26.4 Å². The van der Waals surface area contributed by atoms with Crippen molar-refractivity contribution in [3.63, 3.8) is 0 Å². The van der Waals surface area contributed by atoms with Crippen molar-refractivity contribution in [2.45, 2.75) is 150 Å². The fourth-order valence-corrected chi connectivity index (χ4v) is 13.9. The Labute approximate surface area is 853 Å². The number of halogens is 25. The van der Waals surface area contributed by atoms with E-state index in [1.54, 1.807) is 112 Å². The summed E-state index contributed by atoms with van der Waals surface area (Å²) in [6, 6.07) is 48.4. The van der Waals surface area contributed by atoms with E-state index in [0.717, 1.165) is 50.5 Å². The van der Waals surface area contributed by atoms with Crippen LogP contribution in [0.3, 0.4) is 0 Å². The second-order valence-electron chi connectivity index (χ2n) is 29.3. The van der Waals surface area contributed by atoms with Crippen LogP contribution in [0.2, 0.25) is 78.6 Å². The summed E-state index contributed by atoms with van der Waals surface area (Å²) in [5, 5.41) is 0. The first-order valence-electron chi connectivity index (χ1n) is 35.0. The van der Waals surface area contributed by atoms with Gasteiger partial charge in [-0.25, -0.2) is 16.8 Å². The molecular weight excluding hydrogens is 2750 g/mol. The van der Waals surface area contributed by atoms with Crippen LogP contribution in [0.1, 0.15) is 66.6 Å². The average molecular weight is 2850 g/mol. The number of ether oxygens (including phenoxy) is 4. The Bertz CT molecular complexity index is 4320. The summed E-state index contributed by atoms with van der Waals surface area (Å²) in [7, 11) is 91.5. The van der Waals surface area contributed by atoms with E-state index in [4.69, 9.17) is 273 Å². The third-order valence-corrected chi connectivity index (χ3v) is 20.5. The summed E-state index contributed by atoms with van der Waals surface area (Å²) >= 11 is 12.3. The maximum absolute atomic E-state index is 13.0. The van der Waals surface area contributed by atoms with E-state index < -0.39 is 121 Å². The van der Waals surface area contributed by atoms with Gasteiger partial charge in [0.05, 0.1) is 46.2 Å². The molecule has 0 saturated heterocycles. The molecule has 0 saturated carbocycles. The molecule has 0 unspecified atom stereocenters. The van der Waals surface area contributed by atoms with Gasteiger partial charge in [-0.1, -0.05) is 131 Å². The van der Waals surface area contributed by atoms with Crippen LogP contribution in [0.4, 0.5) is 0 Å². The number of hydrogen-bond donors (Lipinski definition) is 1. The van der Waals surface area contributed by atoms with Crippen LogP contribution >= 0.6 is 236 Å². The van der Waals surface area contributed by atoms with E-state index in [2.05, 4.69) is 111 Å². The molecule has 7 aromatic rings. The minimum atomic E-state index is -3.61. The number of sulfone groups is 2. The second kappa shape index (κ2) is 63.9. The number of aryl methyl sites for hydroxylation is 1. The van der Waals surface area contributed by atoms with Gasteiger partial charge < -0.3 is 37.4 Å². The van der Waals surface area contributed by atoms with Crippen LogP contribution < -0.4 is 18.9 Å². The number of allylic oxidation sites excluding steroid dienone is 4. The van der Waals surface area contributed by atoms with E-state index in [9.17, 15) is 16.8 Å². The van der Waals surface area contributed by atoms with Crippen molar-refractivity contribution >= 4 is 364 Å². The second-order valence-corrected chi connectivity index (χ2v) is 182. The number of carbonyl (C=O) groups is 1. The molecule has 1 aliphatic rings. The molecule has 0 atom stereocenters. The summed E-state index contributed by atoms with van der Waals surface area (Å²) in [6.07, 6.45) is 6.50. The first kappa shape index (κ1) is 134. The third kappa shape index (κ3) is 74.2. The molecule has 7 aromatic carbocycles. The molecule has 0 aliphatic heterocycles. The van der Waals surface area contributed by atoms with Gasteiger partial charge in [0.15, 0.2) is 25.0 Å². The number of alkyl halides is 4. The molecule has 0 aromatic heterocycles. The summed E-state index contributed by atoms with van der Waals surface area (Å²) in [4.78, 5) is 17.6. The summed E-state index contributed by atoms with van der Waals surface area (Å²) < 4.78 is 84.6. The number of hydrogen-bond acceptors (Lipinski definition) is 12. The van der Waals surface area contributed by atoms with E-state index in [0.29, 0.717) is 41.0 Å². The first-order chi connectivity index (χ1) is 55.4. The molecule has 0 fully saturated rings. The van der Waals surface area contributed by atoms with E-state index in [1.165, 1.54) is 5.56 Å². The van der Waals surface area contributed by atoms with Crippen LogP contribution in [0.5, 0.6) is 34.5 Å². The molecule has 1 aliphatic carbocycles. The minimum absolute atomic E-state index is 0.188. The van der Waals surface area contributed by atoms with Crippen molar-refractivity contribution in [2.24, 2.45) is 0 Å². The monoisotopic (exact) mass is 2840 g/mol. The van der Waals surface area contributed by atoms with Crippen LogP contribution in [0.15, 0.2) is 208 Å². The summed E-state index contributed by atoms with van der Waals surface area (Å²) in [5.74, 6) is 4.59. The SMILES string of the molecule is C=C1C=CC(S(=O)(=O)c2ccc(Oc3ccc(C(C)(C)c4ccc(OC)cc4)cc3)cc2)=C[CH+]1.C=O.COc1ccc(C(C)(C)c2ccc(Oc3ccc(S(=O)(=O)c4ccc(C)cc4)cc3)c(CCl)c2)cc1CCl.C[Si](C)(C)Cl.C[Si](C)(C)O.C[Si](C)(C)OCCl.C[Si](C)(C)OCCl.[Cl][Sn]([Cl])([Cl])[Cl].[Cl][Sn]([Cl])([Cl])[Cl].[Cl][Sn]([Cl])([Cl])[Cl].[Cl][Sn]([Cl])([Cl])[Cl].[Cl][Sn]([Cl])([Cl])[Cl]. The summed E-state index contributed by atoms with van der Waals surface area (Å²) in [6.45, 7) is 40.9. The van der Waals surface area contributed by atoms with Gasteiger partial charge >= 0.3 is 248 Å². The van der Waals surface area contributed by atoms with Crippen molar-refractivity contribution in [1.29, 1.82) is 0 Å². The molecule has 12 nitrogen and oxygen atoms in total. The first-order valence-corrected chi connectivity index (χ1v) is 127. The normalized spacial score (nSPS) is 12.3. The van der Waals surface area contributed by atoms with Crippen molar-refractivity contribution < 1.29 is 54.2 Å². The van der Waals surface area contributed by atoms with Crippen molar-refractivity contribution in [3.8, 4) is 34.5 Å². The van der Waals surface area contributed by atoms with Gasteiger partial charge in [0.25, 0.3) is 0 Å².